The number of ether oxygens (including phenoxy) is 2. The molecule has 7 heteroatoms. The highest BCUT2D eigenvalue weighted by Crippen LogP contribution is 2.34. The van der Waals surface area contributed by atoms with E-state index in [0.29, 0.717) is 35.5 Å². The highest BCUT2D eigenvalue weighted by molar-refractivity contribution is 9.10. The van der Waals surface area contributed by atoms with Crippen molar-refractivity contribution in [3.05, 3.63) is 74.8 Å². The largest absolute Gasteiger partial charge is 0.490 e. The Hall–Kier alpha value is -2.93. The molecule has 0 saturated heterocycles. The summed E-state index contributed by atoms with van der Waals surface area (Å²) < 4.78 is 14.3. The molecule has 2 aromatic carbocycles. The van der Waals surface area contributed by atoms with Crippen molar-refractivity contribution in [3.8, 4) is 11.5 Å². The first-order chi connectivity index (χ1) is 16.3. The number of fused-ring (bicyclic) bond motifs is 1. The molecule has 0 aliphatic carbocycles. The SMILES string of the molecule is C=CCc1cc(C=Nn2c(C(C)C)nc3ccc(Br)cc3c2=O)cc(OCC)c1O[C@@H](C)CC. The van der Waals surface area contributed by atoms with Gasteiger partial charge in [-0.1, -0.05) is 42.8 Å². The molecule has 0 bridgehead atoms. The van der Waals surface area contributed by atoms with Crippen LogP contribution in [0.25, 0.3) is 10.9 Å². The first-order valence-electron chi connectivity index (χ1n) is 11.6. The van der Waals surface area contributed by atoms with Gasteiger partial charge in [0.15, 0.2) is 11.5 Å². The molecule has 0 N–H and O–H groups in total. The Morgan fingerprint density at radius 2 is 1.97 bits per heavy atom. The van der Waals surface area contributed by atoms with Crippen LogP contribution in [0.4, 0.5) is 0 Å². The zero-order chi connectivity index (χ0) is 24.8. The molecule has 0 saturated carbocycles. The van der Waals surface area contributed by atoms with E-state index in [1.54, 1.807) is 12.3 Å². The van der Waals surface area contributed by atoms with E-state index in [0.717, 1.165) is 27.8 Å². The van der Waals surface area contributed by atoms with Crippen molar-refractivity contribution in [1.82, 2.24) is 9.66 Å². The number of nitrogens with zero attached hydrogens (tertiary/aromatic N) is 3. The average Bonchev–Trinajstić information content (AvgIpc) is 2.80. The van der Waals surface area contributed by atoms with Crippen LogP contribution in [0.3, 0.4) is 0 Å². The lowest BCUT2D eigenvalue weighted by molar-refractivity contribution is 0.201. The van der Waals surface area contributed by atoms with Gasteiger partial charge in [0.05, 0.1) is 29.8 Å². The highest BCUT2D eigenvalue weighted by atomic mass is 79.9. The minimum absolute atomic E-state index is 0.0134. The van der Waals surface area contributed by atoms with Crippen molar-refractivity contribution >= 4 is 33.0 Å². The molecule has 0 aliphatic heterocycles. The van der Waals surface area contributed by atoms with E-state index in [1.807, 2.05) is 58.0 Å². The predicted octanol–water partition coefficient (Wildman–Crippen LogP) is 6.47. The number of hydrogen-bond acceptors (Lipinski definition) is 5. The lowest BCUT2D eigenvalue weighted by atomic mass is 10.1. The predicted molar refractivity (Wildman–Crippen MR) is 143 cm³/mol. The van der Waals surface area contributed by atoms with Crippen LogP contribution in [0, 0.1) is 0 Å². The van der Waals surface area contributed by atoms with Crippen LogP contribution in [-0.4, -0.2) is 28.6 Å². The summed E-state index contributed by atoms with van der Waals surface area (Å²) in [7, 11) is 0. The summed E-state index contributed by atoms with van der Waals surface area (Å²) in [6.07, 6.45) is 5.06. The Kier molecular flexibility index (Phi) is 8.67. The van der Waals surface area contributed by atoms with Gasteiger partial charge in [-0.25, -0.2) is 4.98 Å². The molecule has 1 atom stereocenters. The molecule has 0 amide bonds. The maximum Gasteiger partial charge on any atom is 0.282 e. The van der Waals surface area contributed by atoms with E-state index in [9.17, 15) is 4.79 Å². The second-order valence-electron chi connectivity index (χ2n) is 8.42. The summed E-state index contributed by atoms with van der Waals surface area (Å²) in [4.78, 5) is 18.0. The third kappa shape index (κ3) is 5.76. The van der Waals surface area contributed by atoms with Crippen molar-refractivity contribution in [1.29, 1.82) is 0 Å². The molecule has 180 valence electrons. The Balaban J connectivity index is 2.14. The summed E-state index contributed by atoms with van der Waals surface area (Å²) in [6, 6.07) is 9.38. The first kappa shape index (κ1) is 25.7. The van der Waals surface area contributed by atoms with Crippen LogP contribution >= 0.6 is 15.9 Å². The van der Waals surface area contributed by atoms with Gasteiger partial charge in [0.25, 0.3) is 5.56 Å². The summed E-state index contributed by atoms with van der Waals surface area (Å²) in [5, 5.41) is 5.08. The van der Waals surface area contributed by atoms with E-state index in [1.165, 1.54) is 4.68 Å². The molecule has 0 spiro atoms. The van der Waals surface area contributed by atoms with Gasteiger partial charge in [-0.15, -0.1) is 6.58 Å². The Morgan fingerprint density at radius 1 is 1.21 bits per heavy atom. The van der Waals surface area contributed by atoms with Gasteiger partial charge in [-0.2, -0.15) is 9.78 Å². The zero-order valence-corrected chi connectivity index (χ0v) is 22.1. The van der Waals surface area contributed by atoms with E-state index >= 15 is 0 Å². The molecule has 34 heavy (non-hydrogen) atoms. The van der Waals surface area contributed by atoms with E-state index in [4.69, 9.17) is 14.5 Å². The molecule has 3 rings (SSSR count). The fraction of sp³-hybridized carbons (Fsp3) is 0.370. The standard InChI is InChI=1S/C27H32BrN3O3/c1-7-10-20-13-19(14-24(33-9-3)25(20)34-18(6)8-2)16-29-31-26(17(4)5)30-23-12-11-21(28)15-22(23)27(31)32/h7,11-18H,1,8-10H2,2-6H3/t18-/m0/s1. The van der Waals surface area contributed by atoms with Crippen molar-refractivity contribution in [2.45, 2.75) is 59.5 Å². The maximum atomic E-state index is 13.3. The second kappa shape index (κ2) is 11.5. The molecule has 0 radical (unpaired) electrons. The third-order valence-electron chi connectivity index (χ3n) is 5.38. The van der Waals surface area contributed by atoms with Crippen LogP contribution in [0.2, 0.25) is 0 Å². The first-order valence-corrected chi connectivity index (χ1v) is 12.4. The number of benzene rings is 2. The van der Waals surface area contributed by atoms with Gasteiger partial charge in [0.2, 0.25) is 0 Å². The number of rotatable bonds is 10. The zero-order valence-electron chi connectivity index (χ0n) is 20.5. The molecule has 1 heterocycles. The molecule has 0 aliphatic rings. The van der Waals surface area contributed by atoms with E-state index < -0.39 is 0 Å². The van der Waals surface area contributed by atoms with E-state index in [2.05, 4.69) is 34.5 Å². The number of aromatic nitrogens is 2. The number of hydrogen-bond donors (Lipinski definition) is 0. The summed E-state index contributed by atoms with van der Waals surface area (Å²) in [5.41, 5.74) is 2.20. The summed E-state index contributed by atoms with van der Waals surface area (Å²) in [5.74, 6) is 2.00. The lowest BCUT2D eigenvalue weighted by Crippen LogP contribution is -2.23. The molecule has 6 nitrogen and oxygen atoms in total. The monoisotopic (exact) mass is 525 g/mol. The van der Waals surface area contributed by atoms with Crippen LogP contribution in [-0.2, 0) is 6.42 Å². The molecule has 0 fully saturated rings. The van der Waals surface area contributed by atoms with Crippen molar-refractivity contribution < 1.29 is 9.47 Å². The maximum absolute atomic E-state index is 13.3. The van der Waals surface area contributed by atoms with Gasteiger partial charge >= 0.3 is 0 Å². The van der Waals surface area contributed by atoms with Crippen LogP contribution in [0.5, 0.6) is 11.5 Å². The minimum atomic E-state index is -0.209. The average molecular weight is 526 g/mol. The van der Waals surface area contributed by atoms with Crippen LogP contribution < -0.4 is 15.0 Å². The fourth-order valence-corrected chi connectivity index (χ4v) is 3.88. The number of allylic oxidation sites excluding steroid dienone is 1. The highest BCUT2D eigenvalue weighted by Gasteiger charge is 2.16. The van der Waals surface area contributed by atoms with Crippen molar-refractivity contribution in [2.75, 3.05) is 6.61 Å². The van der Waals surface area contributed by atoms with Gasteiger partial charge in [-0.3, -0.25) is 4.79 Å². The van der Waals surface area contributed by atoms with Gasteiger partial charge in [0, 0.05) is 16.0 Å². The topological polar surface area (TPSA) is 65.7 Å². The minimum Gasteiger partial charge on any atom is -0.490 e. The van der Waals surface area contributed by atoms with Crippen molar-refractivity contribution in [2.24, 2.45) is 5.10 Å². The number of halogens is 1. The summed E-state index contributed by atoms with van der Waals surface area (Å²) >= 11 is 3.44. The van der Waals surface area contributed by atoms with E-state index in [-0.39, 0.29) is 17.6 Å². The lowest BCUT2D eigenvalue weighted by Gasteiger charge is -2.20. The Labute approximate surface area is 209 Å². The molecular weight excluding hydrogens is 494 g/mol. The Bertz CT molecular complexity index is 1260. The smallest absolute Gasteiger partial charge is 0.282 e. The molecule has 3 aromatic rings. The van der Waals surface area contributed by atoms with Gasteiger partial charge in [-0.05, 0) is 62.6 Å². The Morgan fingerprint density at radius 3 is 2.62 bits per heavy atom. The quantitative estimate of drug-likeness (QED) is 0.224. The third-order valence-corrected chi connectivity index (χ3v) is 5.88. The fourth-order valence-electron chi connectivity index (χ4n) is 3.52. The molecule has 0 unspecified atom stereocenters. The molecule has 1 aromatic heterocycles. The van der Waals surface area contributed by atoms with Gasteiger partial charge < -0.3 is 9.47 Å². The summed E-state index contributed by atoms with van der Waals surface area (Å²) in [6.45, 7) is 14.4. The van der Waals surface area contributed by atoms with Crippen LogP contribution in [0.15, 0.2) is 57.4 Å². The second-order valence-corrected chi connectivity index (χ2v) is 9.33. The molecular formula is C27H32BrN3O3. The van der Waals surface area contributed by atoms with Crippen molar-refractivity contribution in [3.63, 3.8) is 0 Å². The van der Waals surface area contributed by atoms with Crippen LogP contribution in [0.1, 0.15) is 63.9 Å². The normalized spacial score (nSPS) is 12.4. The van der Waals surface area contributed by atoms with Gasteiger partial charge in [0.1, 0.15) is 5.82 Å².